The molecule has 2 atom stereocenters. The van der Waals surface area contributed by atoms with Crippen molar-refractivity contribution in [2.24, 2.45) is 0 Å². The molecule has 4 nitrogen and oxygen atoms in total. The van der Waals surface area contributed by atoms with Gasteiger partial charge in [-0.3, -0.25) is 4.79 Å². The Morgan fingerprint density at radius 3 is 2.65 bits per heavy atom. The van der Waals surface area contributed by atoms with E-state index in [0.29, 0.717) is 5.56 Å². The van der Waals surface area contributed by atoms with E-state index in [1.165, 1.54) is 6.08 Å². The smallest absolute Gasteiger partial charge is 0.244 e. The molecule has 0 saturated heterocycles. The molecule has 20 heavy (non-hydrogen) atoms. The fraction of sp³-hybridized carbons (Fsp3) is 0.375. The minimum absolute atomic E-state index is 0.137. The quantitative estimate of drug-likeness (QED) is 0.825. The van der Waals surface area contributed by atoms with Crippen molar-refractivity contribution in [3.05, 3.63) is 41.5 Å². The Kier molecular flexibility index (Phi) is 4.91. The van der Waals surface area contributed by atoms with Crippen LogP contribution in [-0.4, -0.2) is 23.2 Å². The predicted octanol–water partition coefficient (Wildman–Crippen LogP) is 1.99. The van der Waals surface area contributed by atoms with Gasteiger partial charge >= 0.3 is 0 Å². The van der Waals surface area contributed by atoms with E-state index in [4.69, 9.17) is 5.26 Å². The van der Waals surface area contributed by atoms with E-state index in [0.717, 1.165) is 31.2 Å². The SMILES string of the molecule is N#Cc1ccc(C=CC(=O)NC2CCCCC2O)cc1. The molecule has 104 valence electrons. The number of nitrogens with zero attached hydrogens (tertiary/aromatic N) is 1. The van der Waals surface area contributed by atoms with E-state index in [9.17, 15) is 9.90 Å². The average molecular weight is 270 g/mol. The van der Waals surface area contributed by atoms with Crippen LogP contribution >= 0.6 is 0 Å². The maximum Gasteiger partial charge on any atom is 0.244 e. The topological polar surface area (TPSA) is 73.1 Å². The van der Waals surface area contributed by atoms with Crippen molar-refractivity contribution in [1.29, 1.82) is 5.26 Å². The number of hydrogen-bond donors (Lipinski definition) is 2. The first-order valence-electron chi connectivity index (χ1n) is 6.86. The standard InChI is InChI=1S/C16H18N2O2/c17-11-13-7-5-12(6-8-13)9-10-16(20)18-14-3-1-2-4-15(14)19/h5-10,14-15,19H,1-4H2,(H,18,20). The predicted molar refractivity (Wildman–Crippen MR) is 76.6 cm³/mol. The highest BCUT2D eigenvalue weighted by atomic mass is 16.3. The van der Waals surface area contributed by atoms with Gasteiger partial charge in [-0.05, 0) is 36.6 Å². The van der Waals surface area contributed by atoms with Gasteiger partial charge in [0, 0.05) is 6.08 Å². The summed E-state index contributed by atoms with van der Waals surface area (Å²) in [4.78, 5) is 11.8. The second-order valence-electron chi connectivity index (χ2n) is 5.03. The van der Waals surface area contributed by atoms with Crippen LogP contribution in [0.5, 0.6) is 0 Å². The van der Waals surface area contributed by atoms with Crippen molar-refractivity contribution >= 4 is 12.0 Å². The first-order chi connectivity index (χ1) is 9.69. The summed E-state index contributed by atoms with van der Waals surface area (Å²) < 4.78 is 0. The van der Waals surface area contributed by atoms with Gasteiger partial charge < -0.3 is 10.4 Å². The summed E-state index contributed by atoms with van der Waals surface area (Å²) in [5.41, 5.74) is 1.46. The molecule has 0 spiro atoms. The maximum atomic E-state index is 11.8. The lowest BCUT2D eigenvalue weighted by atomic mass is 9.92. The Bertz CT molecular complexity index is 528. The van der Waals surface area contributed by atoms with Gasteiger partial charge in [0.1, 0.15) is 0 Å². The zero-order valence-corrected chi connectivity index (χ0v) is 11.2. The molecule has 1 aliphatic carbocycles. The molecule has 2 rings (SSSR count). The molecule has 1 aromatic carbocycles. The monoisotopic (exact) mass is 270 g/mol. The summed E-state index contributed by atoms with van der Waals surface area (Å²) in [6.45, 7) is 0. The molecular formula is C16H18N2O2. The zero-order chi connectivity index (χ0) is 14.4. The lowest BCUT2D eigenvalue weighted by Crippen LogP contribution is -2.44. The Hall–Kier alpha value is -2.12. The van der Waals surface area contributed by atoms with Crippen LogP contribution in [0.25, 0.3) is 6.08 Å². The number of rotatable bonds is 3. The van der Waals surface area contributed by atoms with Crippen molar-refractivity contribution in [3.8, 4) is 6.07 Å². The third-order valence-corrected chi connectivity index (χ3v) is 3.52. The van der Waals surface area contributed by atoms with Crippen LogP contribution in [-0.2, 0) is 4.79 Å². The summed E-state index contributed by atoms with van der Waals surface area (Å²) in [5.74, 6) is -0.194. The summed E-state index contributed by atoms with van der Waals surface area (Å²) in [6.07, 6.45) is 6.38. The highest BCUT2D eigenvalue weighted by Crippen LogP contribution is 2.18. The first kappa shape index (κ1) is 14.3. The number of carbonyl (C=O) groups is 1. The van der Waals surface area contributed by atoms with E-state index in [1.807, 2.05) is 6.07 Å². The minimum atomic E-state index is -0.434. The van der Waals surface area contributed by atoms with Gasteiger partial charge in [-0.15, -0.1) is 0 Å². The van der Waals surface area contributed by atoms with Gasteiger partial charge in [0.25, 0.3) is 0 Å². The second-order valence-corrected chi connectivity index (χ2v) is 5.03. The molecule has 2 unspecified atom stereocenters. The van der Waals surface area contributed by atoms with Crippen molar-refractivity contribution in [2.75, 3.05) is 0 Å². The molecule has 1 aliphatic rings. The number of carbonyl (C=O) groups excluding carboxylic acids is 1. The molecule has 0 heterocycles. The van der Waals surface area contributed by atoms with E-state index in [2.05, 4.69) is 5.32 Å². The molecule has 0 aliphatic heterocycles. The largest absolute Gasteiger partial charge is 0.391 e. The average Bonchev–Trinajstić information content (AvgIpc) is 2.48. The number of hydrogen-bond acceptors (Lipinski definition) is 3. The van der Waals surface area contributed by atoms with Crippen molar-refractivity contribution in [1.82, 2.24) is 5.32 Å². The summed E-state index contributed by atoms with van der Waals surface area (Å²) >= 11 is 0. The molecule has 1 fully saturated rings. The van der Waals surface area contributed by atoms with Crippen LogP contribution in [0.1, 0.15) is 36.8 Å². The van der Waals surface area contributed by atoms with E-state index >= 15 is 0 Å². The van der Waals surface area contributed by atoms with Crippen molar-refractivity contribution in [3.63, 3.8) is 0 Å². The lowest BCUT2D eigenvalue weighted by Gasteiger charge is -2.27. The summed E-state index contributed by atoms with van der Waals surface area (Å²) in [7, 11) is 0. The molecule has 2 N–H and O–H groups in total. The van der Waals surface area contributed by atoms with E-state index in [1.54, 1.807) is 30.3 Å². The fourth-order valence-electron chi connectivity index (χ4n) is 2.35. The number of aliphatic hydroxyl groups excluding tert-OH is 1. The molecule has 0 bridgehead atoms. The highest BCUT2D eigenvalue weighted by Gasteiger charge is 2.23. The minimum Gasteiger partial charge on any atom is -0.391 e. The van der Waals surface area contributed by atoms with Gasteiger partial charge in [0.05, 0.1) is 23.8 Å². The van der Waals surface area contributed by atoms with Crippen LogP contribution in [0, 0.1) is 11.3 Å². The Morgan fingerprint density at radius 1 is 1.30 bits per heavy atom. The molecule has 1 saturated carbocycles. The maximum absolute atomic E-state index is 11.8. The molecule has 1 amide bonds. The van der Waals surface area contributed by atoms with Gasteiger partial charge in [-0.25, -0.2) is 0 Å². The third kappa shape index (κ3) is 3.94. The molecule has 1 aromatic rings. The highest BCUT2D eigenvalue weighted by molar-refractivity contribution is 5.91. The van der Waals surface area contributed by atoms with Crippen LogP contribution in [0.3, 0.4) is 0 Å². The van der Waals surface area contributed by atoms with Crippen molar-refractivity contribution in [2.45, 2.75) is 37.8 Å². The van der Waals surface area contributed by atoms with Crippen LogP contribution < -0.4 is 5.32 Å². The number of benzene rings is 1. The number of amides is 1. The van der Waals surface area contributed by atoms with Crippen LogP contribution in [0.2, 0.25) is 0 Å². The van der Waals surface area contributed by atoms with Crippen molar-refractivity contribution < 1.29 is 9.90 Å². The molecule has 4 heteroatoms. The summed E-state index contributed by atoms with van der Waals surface area (Å²) in [6, 6.07) is 8.91. The number of nitrogens with one attached hydrogen (secondary N) is 1. The lowest BCUT2D eigenvalue weighted by molar-refractivity contribution is -0.118. The molecule has 0 radical (unpaired) electrons. The van der Waals surface area contributed by atoms with Crippen LogP contribution in [0.4, 0.5) is 0 Å². The Morgan fingerprint density at radius 2 is 2.00 bits per heavy atom. The normalized spacial score (nSPS) is 22.4. The molecular weight excluding hydrogens is 252 g/mol. The first-order valence-corrected chi connectivity index (χ1v) is 6.86. The third-order valence-electron chi connectivity index (χ3n) is 3.52. The second kappa shape index (κ2) is 6.88. The summed E-state index contributed by atoms with van der Waals surface area (Å²) in [5, 5.41) is 21.3. The zero-order valence-electron chi connectivity index (χ0n) is 11.2. The van der Waals surface area contributed by atoms with Gasteiger partial charge in [0.15, 0.2) is 0 Å². The fourth-order valence-corrected chi connectivity index (χ4v) is 2.35. The molecule has 0 aromatic heterocycles. The van der Waals surface area contributed by atoms with E-state index in [-0.39, 0.29) is 11.9 Å². The van der Waals surface area contributed by atoms with E-state index < -0.39 is 6.10 Å². The Labute approximate surface area is 118 Å². The number of nitriles is 1. The number of aliphatic hydroxyl groups is 1. The van der Waals surface area contributed by atoms with Crippen LogP contribution in [0.15, 0.2) is 30.3 Å². The Balaban J connectivity index is 1.89. The van der Waals surface area contributed by atoms with Gasteiger partial charge in [0.2, 0.25) is 5.91 Å². The van der Waals surface area contributed by atoms with Gasteiger partial charge in [-0.2, -0.15) is 5.26 Å². The van der Waals surface area contributed by atoms with Gasteiger partial charge in [-0.1, -0.05) is 25.0 Å².